The molecule has 0 radical (unpaired) electrons. The molecular weight excluding hydrogens is 290 g/mol. The molecule has 1 saturated carbocycles. The highest BCUT2D eigenvalue weighted by molar-refractivity contribution is 5.82. The van der Waals surface area contributed by atoms with Crippen molar-refractivity contribution in [2.45, 2.75) is 18.9 Å². The fraction of sp³-hybridized carbons (Fsp3) is 0.211. The van der Waals surface area contributed by atoms with Crippen molar-refractivity contribution in [3.63, 3.8) is 0 Å². The highest BCUT2D eigenvalue weighted by Gasteiger charge is 2.45. The minimum absolute atomic E-state index is 0.0182. The normalized spacial score (nSPS) is 19.5. The van der Waals surface area contributed by atoms with Crippen LogP contribution in [0, 0.1) is 5.92 Å². The number of rotatable bonds is 5. The van der Waals surface area contributed by atoms with Gasteiger partial charge in [0.2, 0.25) is 5.91 Å². The first kappa shape index (κ1) is 13.9. The number of amides is 1. The molecule has 4 nitrogen and oxygen atoms in total. The van der Waals surface area contributed by atoms with E-state index in [1.165, 1.54) is 0 Å². The van der Waals surface area contributed by atoms with E-state index in [2.05, 4.69) is 5.32 Å². The smallest absolute Gasteiger partial charge is 0.224 e. The summed E-state index contributed by atoms with van der Waals surface area (Å²) in [5, 5.41) is 2.94. The van der Waals surface area contributed by atoms with Gasteiger partial charge in [0.25, 0.3) is 0 Å². The summed E-state index contributed by atoms with van der Waals surface area (Å²) in [6.07, 6.45) is 2.50. The third-order valence-corrected chi connectivity index (χ3v) is 4.19. The largest absolute Gasteiger partial charge is 0.469 e. The summed E-state index contributed by atoms with van der Waals surface area (Å²) in [4.78, 5) is 12.2. The molecule has 2 atom stereocenters. The van der Waals surface area contributed by atoms with Crippen molar-refractivity contribution in [1.82, 2.24) is 5.32 Å². The lowest BCUT2D eigenvalue weighted by Gasteiger charge is -2.02. The number of hydrogen-bond acceptors (Lipinski definition) is 3. The third-order valence-electron chi connectivity index (χ3n) is 4.19. The summed E-state index contributed by atoms with van der Waals surface area (Å²) in [6.45, 7) is 0.410. The summed E-state index contributed by atoms with van der Waals surface area (Å²) >= 11 is 0. The van der Waals surface area contributed by atoms with Crippen LogP contribution in [0.2, 0.25) is 0 Å². The van der Waals surface area contributed by atoms with Gasteiger partial charge in [0.1, 0.15) is 17.3 Å². The summed E-state index contributed by atoms with van der Waals surface area (Å²) < 4.78 is 11.1. The van der Waals surface area contributed by atoms with Gasteiger partial charge in [-0.05, 0) is 30.7 Å². The first-order chi connectivity index (χ1) is 11.3. The van der Waals surface area contributed by atoms with E-state index in [4.69, 9.17) is 8.83 Å². The second-order valence-electron chi connectivity index (χ2n) is 5.81. The molecule has 23 heavy (non-hydrogen) atoms. The Kier molecular flexibility index (Phi) is 3.50. The maximum absolute atomic E-state index is 12.2. The lowest BCUT2D eigenvalue weighted by molar-refractivity contribution is -0.122. The average Bonchev–Trinajstić information content (AvgIpc) is 3.02. The molecule has 1 amide bonds. The SMILES string of the molecule is O=C(NCc1ccc(-c2ccccc2)o1)C1CC1c1ccco1. The maximum atomic E-state index is 12.2. The van der Waals surface area contributed by atoms with Crippen LogP contribution in [0.1, 0.15) is 23.9 Å². The molecule has 0 bridgehead atoms. The van der Waals surface area contributed by atoms with Crippen molar-refractivity contribution < 1.29 is 13.6 Å². The van der Waals surface area contributed by atoms with Gasteiger partial charge in [0.15, 0.2) is 0 Å². The van der Waals surface area contributed by atoms with E-state index in [0.717, 1.165) is 29.3 Å². The molecule has 3 aromatic rings. The van der Waals surface area contributed by atoms with Crippen LogP contribution in [-0.4, -0.2) is 5.91 Å². The Morgan fingerprint density at radius 3 is 2.74 bits per heavy atom. The van der Waals surface area contributed by atoms with E-state index in [9.17, 15) is 4.79 Å². The molecule has 1 aliphatic rings. The highest BCUT2D eigenvalue weighted by atomic mass is 16.3. The van der Waals surface area contributed by atoms with Crippen molar-refractivity contribution in [2.24, 2.45) is 5.92 Å². The van der Waals surface area contributed by atoms with Crippen LogP contribution in [0.3, 0.4) is 0 Å². The number of carbonyl (C=O) groups excluding carboxylic acids is 1. The molecule has 1 N–H and O–H groups in total. The Morgan fingerprint density at radius 2 is 1.96 bits per heavy atom. The fourth-order valence-corrected chi connectivity index (χ4v) is 2.84. The molecule has 4 rings (SSSR count). The first-order valence-electron chi connectivity index (χ1n) is 7.76. The molecule has 2 heterocycles. The molecule has 1 aromatic carbocycles. The Hall–Kier alpha value is -2.75. The van der Waals surface area contributed by atoms with Gasteiger partial charge in [0.05, 0.1) is 12.8 Å². The summed E-state index contributed by atoms with van der Waals surface area (Å²) in [5.41, 5.74) is 1.03. The number of hydrogen-bond donors (Lipinski definition) is 1. The van der Waals surface area contributed by atoms with E-state index in [1.54, 1.807) is 6.26 Å². The zero-order valence-electron chi connectivity index (χ0n) is 12.6. The molecule has 116 valence electrons. The molecule has 2 aromatic heterocycles. The number of benzene rings is 1. The van der Waals surface area contributed by atoms with Crippen LogP contribution in [0.4, 0.5) is 0 Å². The van der Waals surface area contributed by atoms with Crippen LogP contribution >= 0.6 is 0 Å². The minimum atomic E-state index is 0.0182. The van der Waals surface area contributed by atoms with Crippen molar-refractivity contribution in [1.29, 1.82) is 0 Å². The van der Waals surface area contributed by atoms with Crippen molar-refractivity contribution >= 4 is 5.91 Å². The van der Waals surface area contributed by atoms with Gasteiger partial charge in [-0.1, -0.05) is 30.3 Å². The number of nitrogens with one attached hydrogen (secondary N) is 1. The van der Waals surface area contributed by atoms with E-state index >= 15 is 0 Å². The molecule has 2 unspecified atom stereocenters. The monoisotopic (exact) mass is 307 g/mol. The zero-order chi connectivity index (χ0) is 15.6. The average molecular weight is 307 g/mol. The predicted octanol–water partition coefficient (Wildman–Crippen LogP) is 3.96. The lowest BCUT2D eigenvalue weighted by Crippen LogP contribution is -2.24. The molecular formula is C19H17NO3. The topological polar surface area (TPSA) is 55.4 Å². The molecule has 0 saturated heterocycles. The van der Waals surface area contributed by atoms with E-state index in [1.807, 2.05) is 54.6 Å². The molecule has 0 spiro atoms. The van der Waals surface area contributed by atoms with Crippen LogP contribution in [0.5, 0.6) is 0 Å². The zero-order valence-corrected chi connectivity index (χ0v) is 12.6. The van der Waals surface area contributed by atoms with E-state index < -0.39 is 0 Å². The summed E-state index contributed by atoms with van der Waals surface area (Å²) in [5.74, 6) is 2.77. The van der Waals surface area contributed by atoms with Crippen LogP contribution in [0.15, 0.2) is 69.7 Å². The second kappa shape index (κ2) is 5.80. The summed E-state index contributed by atoms with van der Waals surface area (Å²) in [7, 11) is 0. The number of carbonyl (C=O) groups is 1. The Labute approximate surface area is 134 Å². The van der Waals surface area contributed by atoms with Crippen molar-refractivity contribution in [3.05, 3.63) is 72.4 Å². The Balaban J connectivity index is 1.33. The summed E-state index contributed by atoms with van der Waals surface area (Å²) in [6, 6.07) is 17.5. The van der Waals surface area contributed by atoms with Gasteiger partial charge >= 0.3 is 0 Å². The van der Waals surface area contributed by atoms with Gasteiger partial charge in [-0.3, -0.25) is 4.79 Å². The van der Waals surface area contributed by atoms with Gasteiger partial charge in [-0.2, -0.15) is 0 Å². The fourth-order valence-electron chi connectivity index (χ4n) is 2.84. The first-order valence-corrected chi connectivity index (χ1v) is 7.76. The van der Waals surface area contributed by atoms with Gasteiger partial charge in [0, 0.05) is 17.4 Å². The van der Waals surface area contributed by atoms with Gasteiger partial charge in [-0.15, -0.1) is 0 Å². The van der Waals surface area contributed by atoms with Crippen molar-refractivity contribution in [3.8, 4) is 11.3 Å². The quantitative estimate of drug-likeness (QED) is 0.776. The van der Waals surface area contributed by atoms with Crippen LogP contribution < -0.4 is 5.32 Å². The van der Waals surface area contributed by atoms with E-state index in [0.29, 0.717) is 6.54 Å². The van der Waals surface area contributed by atoms with Crippen LogP contribution in [-0.2, 0) is 11.3 Å². The van der Waals surface area contributed by atoms with Gasteiger partial charge < -0.3 is 14.2 Å². The van der Waals surface area contributed by atoms with Crippen molar-refractivity contribution in [2.75, 3.05) is 0 Å². The van der Waals surface area contributed by atoms with Crippen LogP contribution in [0.25, 0.3) is 11.3 Å². The van der Waals surface area contributed by atoms with Gasteiger partial charge in [-0.25, -0.2) is 0 Å². The predicted molar refractivity (Wildman–Crippen MR) is 85.5 cm³/mol. The highest BCUT2D eigenvalue weighted by Crippen LogP contribution is 2.47. The second-order valence-corrected chi connectivity index (χ2v) is 5.81. The number of furan rings is 2. The Morgan fingerprint density at radius 1 is 1.09 bits per heavy atom. The molecule has 4 heteroatoms. The minimum Gasteiger partial charge on any atom is -0.469 e. The molecule has 0 aliphatic heterocycles. The maximum Gasteiger partial charge on any atom is 0.224 e. The van der Waals surface area contributed by atoms with E-state index in [-0.39, 0.29) is 17.7 Å². The lowest BCUT2D eigenvalue weighted by atomic mass is 10.2. The Bertz CT molecular complexity index is 789. The standard InChI is InChI=1S/C19H17NO3/c21-19(16-11-15(16)18-7-4-10-22-18)20-12-14-8-9-17(23-14)13-5-2-1-3-6-13/h1-10,15-16H,11-12H2,(H,20,21). The molecule has 1 fully saturated rings. The molecule has 1 aliphatic carbocycles. The third kappa shape index (κ3) is 2.93.